The van der Waals surface area contributed by atoms with Crippen molar-refractivity contribution in [2.24, 2.45) is 11.7 Å². The lowest BCUT2D eigenvalue weighted by Gasteiger charge is -2.45. The van der Waals surface area contributed by atoms with Gasteiger partial charge in [0.25, 0.3) is 0 Å². The van der Waals surface area contributed by atoms with Gasteiger partial charge in [0, 0.05) is 37.9 Å². The molecule has 0 amide bonds. The highest BCUT2D eigenvalue weighted by molar-refractivity contribution is 4.96. The van der Waals surface area contributed by atoms with Crippen LogP contribution in [0.1, 0.15) is 46.0 Å². The van der Waals surface area contributed by atoms with E-state index in [1.807, 2.05) is 0 Å². The molecule has 0 aromatic carbocycles. The highest BCUT2D eigenvalue weighted by Gasteiger charge is 2.40. The predicted molar refractivity (Wildman–Crippen MR) is 71.0 cm³/mol. The smallest absolute Gasteiger partial charge is 0.0484 e. The number of nitrogens with two attached hydrogens (primary N) is 1. The fourth-order valence-corrected chi connectivity index (χ4v) is 3.13. The summed E-state index contributed by atoms with van der Waals surface area (Å²) in [6.45, 7) is 8.44. The molecule has 0 aromatic heterocycles. The van der Waals surface area contributed by atoms with E-state index in [1.54, 1.807) is 0 Å². The molecular weight excluding hydrogens is 212 g/mol. The standard InChI is InChI=1S/C14H28N2O/c1-12(2)16(10-13-4-5-13)14(11-15)6-3-8-17-9-7-14/h12-13H,3-11,15H2,1-2H3. The zero-order valence-electron chi connectivity index (χ0n) is 11.5. The Labute approximate surface area is 106 Å². The van der Waals surface area contributed by atoms with Gasteiger partial charge < -0.3 is 10.5 Å². The predicted octanol–water partition coefficient (Wildman–Crippen LogP) is 2.00. The minimum atomic E-state index is 0.202. The van der Waals surface area contributed by atoms with Gasteiger partial charge in [-0.2, -0.15) is 0 Å². The van der Waals surface area contributed by atoms with E-state index in [2.05, 4.69) is 18.7 Å². The number of ether oxygens (including phenoxy) is 1. The molecule has 0 radical (unpaired) electrons. The monoisotopic (exact) mass is 240 g/mol. The lowest BCUT2D eigenvalue weighted by atomic mass is 9.87. The van der Waals surface area contributed by atoms with E-state index >= 15 is 0 Å². The molecule has 1 saturated carbocycles. The first-order valence-corrected chi connectivity index (χ1v) is 7.22. The Bertz CT molecular complexity index is 230. The van der Waals surface area contributed by atoms with Crippen molar-refractivity contribution in [2.45, 2.75) is 57.5 Å². The van der Waals surface area contributed by atoms with Crippen molar-refractivity contribution in [3.05, 3.63) is 0 Å². The summed E-state index contributed by atoms with van der Waals surface area (Å²) >= 11 is 0. The second kappa shape index (κ2) is 5.68. The second-order valence-electron chi connectivity index (χ2n) is 6.08. The largest absolute Gasteiger partial charge is 0.381 e. The summed E-state index contributed by atoms with van der Waals surface area (Å²) in [6, 6.07) is 0.595. The van der Waals surface area contributed by atoms with Gasteiger partial charge >= 0.3 is 0 Å². The molecule has 3 nitrogen and oxygen atoms in total. The Morgan fingerprint density at radius 1 is 1.29 bits per heavy atom. The van der Waals surface area contributed by atoms with Crippen LogP contribution in [0.25, 0.3) is 0 Å². The van der Waals surface area contributed by atoms with Gasteiger partial charge in [-0.15, -0.1) is 0 Å². The first-order valence-electron chi connectivity index (χ1n) is 7.22. The van der Waals surface area contributed by atoms with Gasteiger partial charge in [-0.05, 0) is 51.9 Å². The third-order valence-corrected chi connectivity index (χ3v) is 4.41. The van der Waals surface area contributed by atoms with Gasteiger partial charge in [-0.25, -0.2) is 0 Å². The average Bonchev–Trinajstić information content (AvgIpc) is 3.13. The van der Waals surface area contributed by atoms with Gasteiger partial charge in [-0.1, -0.05) is 0 Å². The molecule has 0 bridgehead atoms. The molecule has 2 N–H and O–H groups in total. The van der Waals surface area contributed by atoms with Crippen LogP contribution in [-0.2, 0) is 4.74 Å². The van der Waals surface area contributed by atoms with E-state index in [9.17, 15) is 0 Å². The number of hydrogen-bond donors (Lipinski definition) is 1. The molecule has 1 aliphatic carbocycles. The average molecular weight is 240 g/mol. The first-order chi connectivity index (χ1) is 8.18. The Hall–Kier alpha value is -0.120. The summed E-state index contributed by atoms with van der Waals surface area (Å²) in [7, 11) is 0. The molecule has 1 saturated heterocycles. The maximum Gasteiger partial charge on any atom is 0.0484 e. The van der Waals surface area contributed by atoms with Crippen molar-refractivity contribution in [3.8, 4) is 0 Å². The van der Waals surface area contributed by atoms with Crippen LogP contribution in [-0.4, -0.2) is 42.8 Å². The van der Waals surface area contributed by atoms with E-state index in [1.165, 1.54) is 25.8 Å². The molecule has 3 heteroatoms. The van der Waals surface area contributed by atoms with Crippen LogP contribution in [0.15, 0.2) is 0 Å². The fourth-order valence-electron chi connectivity index (χ4n) is 3.13. The Kier molecular flexibility index (Phi) is 4.45. The minimum absolute atomic E-state index is 0.202. The van der Waals surface area contributed by atoms with Crippen LogP contribution in [0.4, 0.5) is 0 Å². The minimum Gasteiger partial charge on any atom is -0.381 e. The van der Waals surface area contributed by atoms with Gasteiger partial charge in [-0.3, -0.25) is 4.90 Å². The topological polar surface area (TPSA) is 38.5 Å². The van der Waals surface area contributed by atoms with Crippen LogP contribution in [0, 0.1) is 5.92 Å². The van der Waals surface area contributed by atoms with E-state index in [0.29, 0.717) is 6.04 Å². The summed E-state index contributed by atoms with van der Waals surface area (Å²) in [5.74, 6) is 0.935. The van der Waals surface area contributed by atoms with Crippen LogP contribution < -0.4 is 5.73 Å². The molecule has 2 fully saturated rings. The summed E-state index contributed by atoms with van der Waals surface area (Å²) in [5, 5.41) is 0. The normalized spacial score (nSPS) is 30.9. The van der Waals surface area contributed by atoms with Crippen LogP contribution in [0.5, 0.6) is 0 Å². The molecule has 1 unspecified atom stereocenters. The van der Waals surface area contributed by atoms with Gasteiger partial charge in [0.1, 0.15) is 0 Å². The van der Waals surface area contributed by atoms with E-state index in [4.69, 9.17) is 10.5 Å². The molecule has 0 aromatic rings. The number of hydrogen-bond acceptors (Lipinski definition) is 3. The Balaban J connectivity index is 2.09. The van der Waals surface area contributed by atoms with Crippen LogP contribution in [0.2, 0.25) is 0 Å². The lowest BCUT2D eigenvalue weighted by molar-refractivity contribution is 0.0368. The summed E-state index contributed by atoms with van der Waals surface area (Å²) < 4.78 is 5.62. The Morgan fingerprint density at radius 2 is 2.06 bits per heavy atom. The molecular formula is C14H28N2O. The molecule has 1 atom stereocenters. The van der Waals surface area contributed by atoms with E-state index in [-0.39, 0.29) is 5.54 Å². The van der Waals surface area contributed by atoms with Gasteiger partial charge in [0.15, 0.2) is 0 Å². The highest BCUT2D eigenvalue weighted by atomic mass is 16.5. The summed E-state index contributed by atoms with van der Waals surface area (Å²) in [4.78, 5) is 2.68. The van der Waals surface area contributed by atoms with Crippen molar-refractivity contribution in [2.75, 3.05) is 26.3 Å². The fraction of sp³-hybridized carbons (Fsp3) is 1.00. The first kappa shape index (κ1) is 13.3. The lowest BCUT2D eigenvalue weighted by Crippen LogP contribution is -2.57. The SMILES string of the molecule is CC(C)N(CC1CC1)C1(CN)CCCOCC1. The van der Waals surface area contributed by atoms with Crippen LogP contribution in [0.3, 0.4) is 0 Å². The molecule has 1 aliphatic heterocycles. The van der Waals surface area contributed by atoms with Crippen molar-refractivity contribution < 1.29 is 4.74 Å². The van der Waals surface area contributed by atoms with Crippen molar-refractivity contribution in [1.82, 2.24) is 4.90 Å². The van der Waals surface area contributed by atoms with E-state index < -0.39 is 0 Å². The quantitative estimate of drug-likeness (QED) is 0.799. The molecule has 0 spiro atoms. The van der Waals surface area contributed by atoms with Gasteiger partial charge in [0.05, 0.1) is 0 Å². The molecule has 100 valence electrons. The third kappa shape index (κ3) is 3.21. The van der Waals surface area contributed by atoms with Crippen molar-refractivity contribution in [1.29, 1.82) is 0 Å². The third-order valence-electron chi connectivity index (χ3n) is 4.41. The Morgan fingerprint density at radius 3 is 2.65 bits per heavy atom. The summed E-state index contributed by atoms with van der Waals surface area (Å²) in [5.41, 5.74) is 6.35. The van der Waals surface area contributed by atoms with Crippen LogP contribution >= 0.6 is 0 Å². The van der Waals surface area contributed by atoms with Crippen molar-refractivity contribution >= 4 is 0 Å². The molecule has 1 heterocycles. The van der Waals surface area contributed by atoms with Crippen molar-refractivity contribution in [3.63, 3.8) is 0 Å². The van der Waals surface area contributed by atoms with Gasteiger partial charge in [0.2, 0.25) is 0 Å². The number of rotatable bonds is 5. The molecule has 2 aliphatic rings. The summed E-state index contributed by atoms with van der Waals surface area (Å²) in [6.07, 6.45) is 6.30. The zero-order valence-corrected chi connectivity index (χ0v) is 11.5. The number of nitrogens with zero attached hydrogens (tertiary/aromatic N) is 1. The maximum absolute atomic E-state index is 6.15. The maximum atomic E-state index is 6.15. The zero-order chi connectivity index (χ0) is 12.3. The molecule has 2 rings (SSSR count). The highest BCUT2D eigenvalue weighted by Crippen LogP contribution is 2.36. The second-order valence-corrected chi connectivity index (χ2v) is 6.08. The molecule has 17 heavy (non-hydrogen) atoms. The van der Waals surface area contributed by atoms with E-state index in [0.717, 1.165) is 38.5 Å².